The van der Waals surface area contributed by atoms with Crippen LogP contribution in [0, 0.1) is 6.92 Å². The van der Waals surface area contributed by atoms with Crippen molar-refractivity contribution in [2.24, 2.45) is 0 Å². The van der Waals surface area contributed by atoms with Crippen LogP contribution < -0.4 is 0 Å². The summed E-state index contributed by atoms with van der Waals surface area (Å²) in [6.45, 7) is 8.00. The molecule has 2 rings (SSSR count). The molecule has 1 aromatic carbocycles. The normalized spacial score (nSPS) is 11.0. The lowest BCUT2D eigenvalue weighted by Gasteiger charge is -2.02. The molecule has 0 spiro atoms. The number of ether oxygens (including phenoxy) is 1. The molecule has 1 heterocycles. The minimum absolute atomic E-state index is 0.0788. The van der Waals surface area contributed by atoms with E-state index in [2.05, 4.69) is 20.9 Å². The molecule has 0 aliphatic heterocycles. The van der Waals surface area contributed by atoms with Crippen molar-refractivity contribution in [3.8, 4) is 11.5 Å². The average Bonchev–Trinajstić information content (AvgIpc) is 2.83. The molecule has 0 unspecified atom stereocenters. The lowest BCUT2D eigenvalue weighted by Crippen LogP contribution is -2.07. The molecular formula is C16H18BrNO3. The number of hydrogen-bond acceptors (Lipinski definition) is 4. The number of carbonyl (C=O) groups excluding carboxylic acids is 1. The van der Waals surface area contributed by atoms with Gasteiger partial charge in [-0.1, -0.05) is 29.8 Å². The maximum absolute atomic E-state index is 12.0. The van der Waals surface area contributed by atoms with Crippen molar-refractivity contribution in [3.63, 3.8) is 0 Å². The molecular weight excluding hydrogens is 334 g/mol. The van der Waals surface area contributed by atoms with Crippen molar-refractivity contribution in [2.75, 3.05) is 6.61 Å². The van der Waals surface area contributed by atoms with E-state index in [4.69, 9.17) is 9.15 Å². The summed E-state index contributed by atoms with van der Waals surface area (Å²) in [5, 5.41) is 0. The average molecular weight is 352 g/mol. The van der Waals surface area contributed by atoms with Gasteiger partial charge in [0.2, 0.25) is 11.7 Å². The summed E-state index contributed by atoms with van der Waals surface area (Å²) in [5.74, 6) is 0.243. The molecule has 0 aliphatic rings. The van der Waals surface area contributed by atoms with Gasteiger partial charge in [-0.3, -0.25) is 0 Å². The van der Waals surface area contributed by atoms with E-state index in [1.165, 1.54) is 0 Å². The Kier molecular flexibility index (Phi) is 4.83. The van der Waals surface area contributed by atoms with Crippen molar-refractivity contribution in [3.05, 3.63) is 39.7 Å². The van der Waals surface area contributed by atoms with E-state index in [9.17, 15) is 4.79 Å². The van der Waals surface area contributed by atoms with Gasteiger partial charge in [0, 0.05) is 10.0 Å². The number of aryl methyl sites for hydroxylation is 1. The first-order valence-corrected chi connectivity index (χ1v) is 7.67. The van der Waals surface area contributed by atoms with Crippen molar-refractivity contribution < 1.29 is 13.9 Å². The zero-order valence-corrected chi connectivity index (χ0v) is 14.2. The first-order chi connectivity index (χ1) is 9.92. The lowest BCUT2D eigenvalue weighted by molar-refractivity contribution is 0.0488. The Morgan fingerprint density at radius 2 is 2.10 bits per heavy atom. The third-order valence-corrected chi connectivity index (χ3v) is 3.41. The van der Waals surface area contributed by atoms with Crippen LogP contribution in [0.3, 0.4) is 0 Å². The van der Waals surface area contributed by atoms with Crippen LogP contribution in [0.5, 0.6) is 0 Å². The maximum atomic E-state index is 12.0. The summed E-state index contributed by atoms with van der Waals surface area (Å²) < 4.78 is 11.7. The zero-order chi connectivity index (χ0) is 15.6. The number of nitrogens with zero attached hydrogens (tertiary/aromatic N) is 1. The largest absolute Gasteiger partial charge is 0.460 e. The van der Waals surface area contributed by atoms with E-state index in [-0.39, 0.29) is 11.7 Å². The molecule has 0 aliphatic carbocycles. The van der Waals surface area contributed by atoms with Crippen LogP contribution in [0.15, 0.2) is 27.1 Å². The number of hydrogen-bond donors (Lipinski definition) is 0. The summed E-state index contributed by atoms with van der Waals surface area (Å²) in [5.41, 5.74) is 2.54. The highest BCUT2D eigenvalue weighted by atomic mass is 79.9. The van der Waals surface area contributed by atoms with Crippen LogP contribution in [-0.2, 0) is 4.74 Å². The Balaban J connectivity index is 2.50. The van der Waals surface area contributed by atoms with E-state index >= 15 is 0 Å². The van der Waals surface area contributed by atoms with Crippen LogP contribution in [-0.4, -0.2) is 17.6 Å². The van der Waals surface area contributed by atoms with Crippen LogP contribution in [0.1, 0.15) is 48.5 Å². The van der Waals surface area contributed by atoms with Gasteiger partial charge in [-0.15, -0.1) is 0 Å². The fourth-order valence-corrected chi connectivity index (χ4v) is 2.66. The molecule has 0 saturated carbocycles. The minimum atomic E-state index is -0.466. The second kappa shape index (κ2) is 6.43. The highest BCUT2D eigenvalue weighted by molar-refractivity contribution is 9.10. The van der Waals surface area contributed by atoms with Gasteiger partial charge in [-0.25, -0.2) is 9.78 Å². The SMILES string of the molecule is CCOC(=O)c1oc(-c2cc(C)cc(Br)c2)nc1C(C)C. The number of rotatable bonds is 4. The standard InChI is InChI=1S/C16H18BrNO3/c1-5-20-16(19)14-13(9(2)3)18-15(21-14)11-6-10(4)7-12(17)8-11/h6-9H,5H2,1-4H3. The molecule has 2 aromatic rings. The maximum Gasteiger partial charge on any atom is 0.376 e. The predicted molar refractivity (Wildman–Crippen MR) is 84.4 cm³/mol. The van der Waals surface area contributed by atoms with Crippen molar-refractivity contribution in [2.45, 2.75) is 33.6 Å². The highest BCUT2D eigenvalue weighted by Crippen LogP contribution is 2.29. The monoisotopic (exact) mass is 351 g/mol. The third-order valence-electron chi connectivity index (χ3n) is 2.95. The number of halogens is 1. The summed E-state index contributed by atoms with van der Waals surface area (Å²) in [7, 11) is 0. The van der Waals surface area contributed by atoms with Gasteiger partial charge in [0.25, 0.3) is 0 Å². The van der Waals surface area contributed by atoms with Crippen LogP contribution in [0.25, 0.3) is 11.5 Å². The van der Waals surface area contributed by atoms with Crippen LogP contribution >= 0.6 is 15.9 Å². The Labute approximate surface area is 132 Å². The molecule has 5 heteroatoms. The van der Waals surface area contributed by atoms with Crippen molar-refractivity contribution in [1.82, 2.24) is 4.98 Å². The van der Waals surface area contributed by atoms with Crippen molar-refractivity contribution in [1.29, 1.82) is 0 Å². The van der Waals surface area contributed by atoms with Crippen LogP contribution in [0.2, 0.25) is 0 Å². The fraction of sp³-hybridized carbons (Fsp3) is 0.375. The topological polar surface area (TPSA) is 52.3 Å². The van der Waals surface area contributed by atoms with E-state index < -0.39 is 5.97 Å². The van der Waals surface area contributed by atoms with Crippen LogP contribution in [0.4, 0.5) is 0 Å². The minimum Gasteiger partial charge on any atom is -0.460 e. The Morgan fingerprint density at radius 1 is 1.38 bits per heavy atom. The van der Waals surface area contributed by atoms with Gasteiger partial charge in [0.1, 0.15) is 0 Å². The second-order valence-corrected chi connectivity index (χ2v) is 6.04. The molecule has 4 nitrogen and oxygen atoms in total. The van der Waals surface area contributed by atoms with E-state index in [0.717, 1.165) is 15.6 Å². The van der Waals surface area contributed by atoms with Gasteiger partial charge in [-0.05, 0) is 43.5 Å². The van der Waals surface area contributed by atoms with Gasteiger partial charge in [0.05, 0.1) is 12.3 Å². The quantitative estimate of drug-likeness (QED) is 0.748. The molecule has 0 atom stereocenters. The van der Waals surface area contributed by atoms with E-state index in [1.54, 1.807) is 6.92 Å². The Morgan fingerprint density at radius 3 is 2.67 bits per heavy atom. The zero-order valence-electron chi connectivity index (χ0n) is 12.6. The molecule has 0 saturated heterocycles. The summed E-state index contributed by atoms with van der Waals surface area (Å²) in [6.07, 6.45) is 0. The first-order valence-electron chi connectivity index (χ1n) is 6.87. The molecule has 0 bridgehead atoms. The van der Waals surface area contributed by atoms with Gasteiger partial charge in [-0.2, -0.15) is 0 Å². The molecule has 112 valence electrons. The molecule has 0 amide bonds. The van der Waals surface area contributed by atoms with Gasteiger partial charge in [0.15, 0.2) is 0 Å². The Bertz CT molecular complexity index is 641. The number of aromatic nitrogens is 1. The first kappa shape index (κ1) is 15.8. The molecule has 0 radical (unpaired) electrons. The van der Waals surface area contributed by atoms with E-state index in [1.807, 2.05) is 39.0 Å². The molecule has 1 aromatic heterocycles. The number of carbonyl (C=O) groups is 1. The summed E-state index contributed by atoms with van der Waals surface area (Å²) in [4.78, 5) is 16.5. The number of esters is 1. The lowest BCUT2D eigenvalue weighted by atomic mass is 10.1. The molecule has 21 heavy (non-hydrogen) atoms. The van der Waals surface area contributed by atoms with Gasteiger partial charge >= 0.3 is 5.97 Å². The Hall–Kier alpha value is -1.62. The third kappa shape index (κ3) is 3.53. The summed E-state index contributed by atoms with van der Waals surface area (Å²) >= 11 is 3.46. The van der Waals surface area contributed by atoms with E-state index in [0.29, 0.717) is 18.2 Å². The highest BCUT2D eigenvalue weighted by Gasteiger charge is 2.24. The number of oxazole rings is 1. The smallest absolute Gasteiger partial charge is 0.376 e. The predicted octanol–water partition coefficient (Wildman–Crippen LogP) is 4.71. The summed E-state index contributed by atoms with van der Waals surface area (Å²) in [6, 6.07) is 5.88. The molecule has 0 N–H and O–H groups in total. The fourth-order valence-electron chi connectivity index (χ4n) is 2.05. The molecule has 0 fully saturated rings. The second-order valence-electron chi connectivity index (χ2n) is 5.13. The number of benzene rings is 1. The van der Waals surface area contributed by atoms with Gasteiger partial charge < -0.3 is 9.15 Å². The van der Waals surface area contributed by atoms with Crippen molar-refractivity contribution >= 4 is 21.9 Å².